The first-order chi connectivity index (χ1) is 12.0. The molecule has 138 valence electrons. The Hall–Kier alpha value is -2.77. The smallest absolute Gasteiger partial charge is 0.408 e. The van der Waals surface area contributed by atoms with Gasteiger partial charge in [-0.2, -0.15) is 0 Å². The molecule has 1 atom stereocenters. The lowest BCUT2D eigenvalue weighted by Crippen LogP contribution is -2.41. The van der Waals surface area contributed by atoms with Crippen LogP contribution in [0.5, 0.6) is 0 Å². The van der Waals surface area contributed by atoms with Crippen LogP contribution in [-0.2, 0) is 16.1 Å². The molecular weight excluding hydrogens is 324 g/mol. The van der Waals surface area contributed by atoms with Gasteiger partial charge < -0.3 is 25.8 Å². The monoisotopic (exact) mass is 350 g/mol. The predicted molar refractivity (Wildman–Crippen MR) is 94.4 cm³/mol. The lowest BCUT2D eigenvalue weighted by Gasteiger charge is -2.15. The number of carboxylic acids is 1. The third-order valence-corrected chi connectivity index (χ3v) is 3.38. The van der Waals surface area contributed by atoms with Crippen LogP contribution in [0.1, 0.15) is 31.7 Å². The lowest BCUT2D eigenvalue weighted by molar-refractivity contribution is -0.139. The third kappa shape index (κ3) is 9.19. The number of alkyl carbamates (subject to hydrolysis) is 1. The molecule has 0 heterocycles. The highest BCUT2D eigenvalue weighted by Crippen LogP contribution is 2.04. The van der Waals surface area contributed by atoms with Gasteiger partial charge in [-0.1, -0.05) is 30.3 Å². The van der Waals surface area contributed by atoms with Crippen molar-refractivity contribution >= 4 is 18.0 Å². The number of benzene rings is 1. The summed E-state index contributed by atoms with van der Waals surface area (Å²) in [4.78, 5) is 23.0. The van der Waals surface area contributed by atoms with Gasteiger partial charge in [-0.15, -0.1) is 0 Å². The largest absolute Gasteiger partial charge is 0.480 e. The summed E-state index contributed by atoms with van der Waals surface area (Å²) in [6.07, 6.45) is 0.843. The zero-order valence-electron chi connectivity index (χ0n) is 14.4. The SMILES string of the molecule is CCNC(=N)NCCCC[C@H](NC(=O)OCc1ccccc1)C(=O)O. The Labute approximate surface area is 147 Å². The quantitative estimate of drug-likeness (QED) is 0.248. The summed E-state index contributed by atoms with van der Waals surface area (Å²) in [7, 11) is 0. The maximum Gasteiger partial charge on any atom is 0.408 e. The molecule has 0 saturated carbocycles. The Kier molecular flexibility index (Phi) is 9.50. The van der Waals surface area contributed by atoms with E-state index in [2.05, 4.69) is 16.0 Å². The molecular formula is C17H26N4O4. The minimum atomic E-state index is -1.09. The summed E-state index contributed by atoms with van der Waals surface area (Å²) in [5.41, 5.74) is 0.832. The highest BCUT2D eigenvalue weighted by atomic mass is 16.5. The Balaban J connectivity index is 2.25. The lowest BCUT2D eigenvalue weighted by atomic mass is 10.1. The fourth-order valence-corrected chi connectivity index (χ4v) is 2.09. The molecule has 1 aromatic carbocycles. The van der Waals surface area contributed by atoms with Crippen LogP contribution in [-0.4, -0.2) is 42.3 Å². The number of guanidine groups is 1. The number of hydrogen-bond acceptors (Lipinski definition) is 4. The summed E-state index contributed by atoms with van der Waals surface area (Å²) in [6, 6.07) is 8.18. The predicted octanol–water partition coefficient (Wildman–Crippen LogP) is 1.67. The van der Waals surface area contributed by atoms with Gasteiger partial charge in [-0.25, -0.2) is 9.59 Å². The van der Waals surface area contributed by atoms with Crippen LogP contribution in [0.3, 0.4) is 0 Å². The first-order valence-corrected chi connectivity index (χ1v) is 8.29. The second-order valence-corrected chi connectivity index (χ2v) is 5.42. The average Bonchev–Trinajstić information content (AvgIpc) is 2.59. The molecule has 0 spiro atoms. The zero-order valence-corrected chi connectivity index (χ0v) is 14.4. The van der Waals surface area contributed by atoms with Gasteiger partial charge in [0.25, 0.3) is 0 Å². The first kappa shape index (κ1) is 20.3. The summed E-state index contributed by atoms with van der Waals surface area (Å²) < 4.78 is 5.03. The maximum absolute atomic E-state index is 11.7. The molecule has 0 aliphatic carbocycles. The van der Waals surface area contributed by atoms with Crippen LogP contribution in [0, 0.1) is 5.41 Å². The van der Waals surface area contributed by atoms with Crippen molar-refractivity contribution in [3.05, 3.63) is 35.9 Å². The van der Waals surface area contributed by atoms with Crippen molar-refractivity contribution in [1.29, 1.82) is 5.41 Å². The molecule has 0 saturated heterocycles. The Morgan fingerprint density at radius 3 is 2.56 bits per heavy atom. The normalized spacial score (nSPS) is 11.2. The second kappa shape index (κ2) is 11.7. The van der Waals surface area contributed by atoms with Crippen molar-refractivity contribution in [3.8, 4) is 0 Å². The number of carbonyl (C=O) groups excluding carboxylic acids is 1. The standard InChI is InChI=1S/C17H26N4O4/c1-2-19-16(18)20-11-7-6-10-14(15(22)23)21-17(24)25-12-13-8-4-3-5-9-13/h3-5,8-9,14H,2,6-7,10-12H2,1H3,(H,21,24)(H,22,23)(H3,18,19,20)/t14-/m0/s1. The van der Waals surface area contributed by atoms with Crippen molar-refractivity contribution in [2.24, 2.45) is 0 Å². The maximum atomic E-state index is 11.7. The van der Waals surface area contributed by atoms with Crippen LogP contribution in [0.15, 0.2) is 30.3 Å². The van der Waals surface area contributed by atoms with Crippen LogP contribution in [0.4, 0.5) is 4.79 Å². The van der Waals surface area contributed by atoms with Gasteiger partial charge in [0.15, 0.2) is 5.96 Å². The van der Waals surface area contributed by atoms with E-state index in [-0.39, 0.29) is 12.6 Å². The van der Waals surface area contributed by atoms with E-state index in [4.69, 9.17) is 10.1 Å². The van der Waals surface area contributed by atoms with Gasteiger partial charge in [0, 0.05) is 13.1 Å². The van der Waals surface area contributed by atoms with Gasteiger partial charge in [0.2, 0.25) is 0 Å². The van der Waals surface area contributed by atoms with E-state index in [1.165, 1.54) is 0 Å². The van der Waals surface area contributed by atoms with E-state index >= 15 is 0 Å². The van der Waals surface area contributed by atoms with Crippen LogP contribution in [0.2, 0.25) is 0 Å². The van der Waals surface area contributed by atoms with E-state index in [9.17, 15) is 14.7 Å². The van der Waals surface area contributed by atoms with Crippen LogP contribution < -0.4 is 16.0 Å². The van der Waals surface area contributed by atoms with Gasteiger partial charge in [-0.3, -0.25) is 5.41 Å². The zero-order chi connectivity index (χ0) is 18.5. The molecule has 25 heavy (non-hydrogen) atoms. The Morgan fingerprint density at radius 2 is 1.92 bits per heavy atom. The Bertz CT molecular complexity index is 551. The molecule has 0 unspecified atom stereocenters. The molecule has 0 aliphatic heterocycles. The molecule has 5 N–H and O–H groups in total. The Morgan fingerprint density at radius 1 is 1.20 bits per heavy atom. The molecule has 0 radical (unpaired) electrons. The number of carboxylic acid groups (broad SMARTS) is 1. The average molecular weight is 350 g/mol. The highest BCUT2D eigenvalue weighted by molar-refractivity contribution is 5.79. The van der Waals surface area contributed by atoms with Crippen LogP contribution >= 0.6 is 0 Å². The molecule has 0 fully saturated rings. The first-order valence-electron chi connectivity index (χ1n) is 8.29. The summed E-state index contributed by atoms with van der Waals surface area (Å²) in [5, 5.41) is 24.8. The topological polar surface area (TPSA) is 124 Å². The number of nitrogens with one attached hydrogen (secondary N) is 4. The summed E-state index contributed by atoms with van der Waals surface area (Å²) in [5.74, 6) is -0.843. The fourth-order valence-electron chi connectivity index (χ4n) is 2.09. The number of carbonyl (C=O) groups is 2. The molecule has 0 bridgehead atoms. The molecule has 0 aromatic heterocycles. The summed E-state index contributed by atoms with van der Waals surface area (Å²) >= 11 is 0. The van der Waals surface area contributed by atoms with Gasteiger partial charge in [0.05, 0.1) is 0 Å². The minimum absolute atomic E-state index is 0.0927. The van der Waals surface area contributed by atoms with Gasteiger partial charge in [-0.05, 0) is 31.7 Å². The fraction of sp³-hybridized carbons (Fsp3) is 0.471. The number of aliphatic carboxylic acids is 1. The molecule has 8 nitrogen and oxygen atoms in total. The molecule has 0 aliphatic rings. The third-order valence-electron chi connectivity index (χ3n) is 3.38. The van der Waals surface area contributed by atoms with Crippen molar-refractivity contribution in [1.82, 2.24) is 16.0 Å². The van der Waals surface area contributed by atoms with E-state index in [1.807, 2.05) is 37.3 Å². The van der Waals surface area contributed by atoms with E-state index in [1.54, 1.807) is 0 Å². The second-order valence-electron chi connectivity index (χ2n) is 5.42. The van der Waals surface area contributed by atoms with E-state index in [0.29, 0.717) is 32.4 Å². The van der Waals surface area contributed by atoms with Gasteiger partial charge in [0.1, 0.15) is 12.6 Å². The number of hydrogen-bond donors (Lipinski definition) is 5. The van der Waals surface area contributed by atoms with E-state index < -0.39 is 18.1 Å². The molecule has 1 aromatic rings. The number of ether oxygens (including phenoxy) is 1. The molecule has 8 heteroatoms. The highest BCUT2D eigenvalue weighted by Gasteiger charge is 2.20. The van der Waals surface area contributed by atoms with Crippen molar-refractivity contribution in [2.75, 3.05) is 13.1 Å². The van der Waals surface area contributed by atoms with Gasteiger partial charge >= 0.3 is 12.1 Å². The van der Waals surface area contributed by atoms with Crippen molar-refractivity contribution in [2.45, 2.75) is 38.8 Å². The molecule has 1 amide bonds. The van der Waals surface area contributed by atoms with Crippen molar-refractivity contribution < 1.29 is 19.4 Å². The van der Waals surface area contributed by atoms with E-state index in [0.717, 1.165) is 5.56 Å². The summed E-state index contributed by atoms with van der Waals surface area (Å²) in [6.45, 7) is 3.23. The van der Waals surface area contributed by atoms with Crippen molar-refractivity contribution in [3.63, 3.8) is 0 Å². The minimum Gasteiger partial charge on any atom is -0.480 e. The number of rotatable bonds is 10. The molecule has 1 rings (SSSR count). The van der Waals surface area contributed by atoms with Crippen LogP contribution in [0.25, 0.3) is 0 Å². The number of amides is 1. The number of unbranched alkanes of at least 4 members (excludes halogenated alkanes) is 1.